The number of esters is 1. The average molecular weight is 304 g/mol. The molecule has 0 aliphatic rings. The van der Waals surface area contributed by atoms with Gasteiger partial charge in [-0.2, -0.15) is 4.37 Å². The van der Waals surface area contributed by atoms with Crippen LogP contribution in [-0.4, -0.2) is 16.9 Å². The van der Waals surface area contributed by atoms with E-state index < -0.39 is 0 Å². The summed E-state index contributed by atoms with van der Waals surface area (Å²) in [5.41, 5.74) is 3.44. The van der Waals surface area contributed by atoms with E-state index in [4.69, 9.17) is 4.74 Å². The van der Waals surface area contributed by atoms with Crippen molar-refractivity contribution in [2.75, 3.05) is 11.9 Å². The molecule has 1 N–H and O–H groups in total. The number of ether oxygens (including phenoxy) is 1. The number of aryl methyl sites for hydroxylation is 1. The third kappa shape index (κ3) is 3.61. The van der Waals surface area contributed by atoms with Gasteiger partial charge in [0.2, 0.25) is 0 Å². The van der Waals surface area contributed by atoms with Crippen molar-refractivity contribution in [3.8, 4) is 0 Å². The number of anilines is 2. The fraction of sp³-hybridized carbons (Fsp3) is 0.375. The normalized spacial score (nSPS) is 10.7. The van der Waals surface area contributed by atoms with Crippen molar-refractivity contribution in [1.29, 1.82) is 0 Å². The molecule has 0 aliphatic heterocycles. The van der Waals surface area contributed by atoms with Gasteiger partial charge in [-0.05, 0) is 49.0 Å². The largest absolute Gasteiger partial charge is 0.462 e. The molecule has 112 valence electrons. The quantitative estimate of drug-likeness (QED) is 0.827. The zero-order valence-electron chi connectivity index (χ0n) is 12.8. The molecule has 5 heteroatoms. The molecule has 0 spiro atoms. The van der Waals surface area contributed by atoms with Crippen molar-refractivity contribution in [3.05, 3.63) is 41.1 Å². The summed E-state index contributed by atoms with van der Waals surface area (Å²) in [4.78, 5) is 12.0. The third-order valence-electron chi connectivity index (χ3n) is 3.18. The lowest BCUT2D eigenvalue weighted by atomic mass is 10.0. The first-order valence-corrected chi connectivity index (χ1v) is 7.80. The van der Waals surface area contributed by atoms with Crippen molar-refractivity contribution in [2.45, 2.75) is 33.6 Å². The highest BCUT2D eigenvalue weighted by atomic mass is 32.1. The molecule has 2 rings (SSSR count). The topological polar surface area (TPSA) is 51.2 Å². The van der Waals surface area contributed by atoms with Gasteiger partial charge in [0.15, 0.2) is 0 Å². The first-order chi connectivity index (χ1) is 10.0. The summed E-state index contributed by atoms with van der Waals surface area (Å²) in [7, 11) is 0. The van der Waals surface area contributed by atoms with E-state index in [0.717, 1.165) is 10.7 Å². The van der Waals surface area contributed by atoms with E-state index in [9.17, 15) is 4.79 Å². The maximum Gasteiger partial charge on any atom is 0.343 e. The molecule has 0 fully saturated rings. The minimum atomic E-state index is -0.329. The molecule has 1 aromatic heterocycles. The molecule has 0 bridgehead atoms. The summed E-state index contributed by atoms with van der Waals surface area (Å²) >= 11 is 1.27. The van der Waals surface area contributed by atoms with Crippen LogP contribution < -0.4 is 5.32 Å². The number of carbonyl (C=O) groups excluding carboxylic acids is 1. The Kier molecular flexibility index (Phi) is 4.96. The molecular weight excluding hydrogens is 284 g/mol. The lowest BCUT2D eigenvalue weighted by Crippen LogP contribution is -2.07. The lowest BCUT2D eigenvalue weighted by molar-refractivity contribution is 0.0527. The number of rotatable bonds is 5. The number of benzene rings is 1. The third-order valence-corrected chi connectivity index (χ3v) is 4.03. The highest BCUT2D eigenvalue weighted by Gasteiger charge is 2.19. The van der Waals surface area contributed by atoms with Gasteiger partial charge >= 0.3 is 5.97 Å². The van der Waals surface area contributed by atoms with Crippen LogP contribution in [0.15, 0.2) is 24.3 Å². The van der Waals surface area contributed by atoms with Gasteiger partial charge in [0.1, 0.15) is 10.6 Å². The van der Waals surface area contributed by atoms with Crippen LogP contribution in [0.25, 0.3) is 0 Å². The molecule has 4 nitrogen and oxygen atoms in total. The van der Waals surface area contributed by atoms with E-state index in [1.54, 1.807) is 6.92 Å². The highest BCUT2D eigenvalue weighted by molar-refractivity contribution is 7.10. The van der Waals surface area contributed by atoms with Crippen molar-refractivity contribution < 1.29 is 9.53 Å². The summed E-state index contributed by atoms with van der Waals surface area (Å²) in [5.74, 6) is 0.171. The molecule has 2 aromatic rings. The number of aromatic nitrogens is 1. The predicted octanol–water partition coefficient (Wildman–Crippen LogP) is 4.50. The van der Waals surface area contributed by atoms with Gasteiger partial charge in [0, 0.05) is 5.69 Å². The molecule has 0 radical (unpaired) electrons. The Bertz CT molecular complexity index is 618. The maximum absolute atomic E-state index is 12.0. The Morgan fingerprint density at radius 1 is 1.33 bits per heavy atom. The molecular formula is C16H20N2O2S. The zero-order valence-corrected chi connectivity index (χ0v) is 13.6. The molecule has 0 amide bonds. The highest BCUT2D eigenvalue weighted by Crippen LogP contribution is 2.29. The molecule has 21 heavy (non-hydrogen) atoms. The second-order valence-electron chi connectivity index (χ2n) is 5.09. The molecule has 1 aromatic carbocycles. The van der Waals surface area contributed by atoms with Gasteiger partial charge in [0.25, 0.3) is 0 Å². The van der Waals surface area contributed by atoms with Gasteiger partial charge in [-0.1, -0.05) is 26.0 Å². The molecule has 0 saturated carbocycles. The Morgan fingerprint density at radius 2 is 2.00 bits per heavy atom. The van der Waals surface area contributed by atoms with Gasteiger partial charge in [-0.15, -0.1) is 0 Å². The van der Waals surface area contributed by atoms with Gasteiger partial charge in [0.05, 0.1) is 12.3 Å². The standard InChI is InChI=1S/C16H20N2O2S/c1-5-20-16(19)14-11(4)18-21-15(14)17-13-8-6-12(7-9-13)10(2)3/h6-10,17H,5H2,1-4H3. The minimum absolute atomic E-state index is 0.329. The van der Waals surface area contributed by atoms with E-state index in [1.165, 1.54) is 17.1 Å². The summed E-state index contributed by atoms with van der Waals surface area (Å²) in [5, 5.41) is 3.98. The SMILES string of the molecule is CCOC(=O)c1c(C)nsc1Nc1ccc(C(C)C)cc1. The van der Waals surface area contributed by atoms with E-state index in [1.807, 2.05) is 19.1 Å². The zero-order chi connectivity index (χ0) is 15.4. The first kappa shape index (κ1) is 15.5. The van der Waals surface area contributed by atoms with Gasteiger partial charge in [-0.25, -0.2) is 4.79 Å². The van der Waals surface area contributed by atoms with E-state index in [-0.39, 0.29) is 5.97 Å². The van der Waals surface area contributed by atoms with Crippen LogP contribution in [0.5, 0.6) is 0 Å². The van der Waals surface area contributed by atoms with Crippen LogP contribution in [0, 0.1) is 6.92 Å². The number of nitrogens with zero attached hydrogens (tertiary/aromatic N) is 1. The Balaban J connectivity index is 2.21. The van der Waals surface area contributed by atoms with Crippen LogP contribution in [0.4, 0.5) is 10.7 Å². The summed E-state index contributed by atoms with van der Waals surface area (Å²) in [6.45, 7) is 8.29. The molecule has 0 saturated heterocycles. The molecule has 0 aliphatic carbocycles. The van der Waals surface area contributed by atoms with Crippen LogP contribution >= 0.6 is 11.5 Å². The van der Waals surface area contributed by atoms with E-state index in [0.29, 0.717) is 23.8 Å². The monoisotopic (exact) mass is 304 g/mol. The van der Waals surface area contributed by atoms with Gasteiger partial charge < -0.3 is 10.1 Å². The minimum Gasteiger partial charge on any atom is -0.462 e. The molecule has 0 unspecified atom stereocenters. The van der Waals surface area contributed by atoms with Crippen LogP contribution in [-0.2, 0) is 4.74 Å². The second kappa shape index (κ2) is 6.72. The fourth-order valence-electron chi connectivity index (χ4n) is 1.98. The van der Waals surface area contributed by atoms with Crippen LogP contribution in [0.1, 0.15) is 48.3 Å². The van der Waals surface area contributed by atoms with Crippen molar-refractivity contribution in [2.24, 2.45) is 0 Å². The van der Waals surface area contributed by atoms with Crippen molar-refractivity contribution in [1.82, 2.24) is 4.37 Å². The van der Waals surface area contributed by atoms with E-state index in [2.05, 4.69) is 35.7 Å². The predicted molar refractivity (Wildman–Crippen MR) is 86.6 cm³/mol. The van der Waals surface area contributed by atoms with E-state index >= 15 is 0 Å². The second-order valence-corrected chi connectivity index (χ2v) is 5.87. The Labute approximate surface area is 129 Å². The van der Waals surface area contributed by atoms with Crippen LogP contribution in [0.3, 0.4) is 0 Å². The summed E-state index contributed by atoms with van der Waals surface area (Å²) in [6.07, 6.45) is 0. The first-order valence-electron chi connectivity index (χ1n) is 7.03. The maximum atomic E-state index is 12.0. The summed E-state index contributed by atoms with van der Waals surface area (Å²) in [6, 6.07) is 8.20. The molecule has 0 atom stereocenters. The average Bonchev–Trinajstić information content (AvgIpc) is 2.80. The lowest BCUT2D eigenvalue weighted by Gasteiger charge is -2.09. The fourth-order valence-corrected chi connectivity index (χ4v) is 2.79. The van der Waals surface area contributed by atoms with Gasteiger partial charge in [-0.3, -0.25) is 0 Å². The number of carbonyl (C=O) groups is 1. The van der Waals surface area contributed by atoms with Crippen molar-refractivity contribution >= 4 is 28.2 Å². The Morgan fingerprint density at radius 3 is 2.57 bits per heavy atom. The van der Waals surface area contributed by atoms with Crippen molar-refractivity contribution in [3.63, 3.8) is 0 Å². The number of hydrogen-bond donors (Lipinski definition) is 1. The Hall–Kier alpha value is -1.88. The smallest absolute Gasteiger partial charge is 0.343 e. The molecule has 1 heterocycles. The number of nitrogens with one attached hydrogen (secondary N) is 1. The van der Waals surface area contributed by atoms with Crippen LogP contribution in [0.2, 0.25) is 0 Å². The number of hydrogen-bond acceptors (Lipinski definition) is 5. The summed E-state index contributed by atoms with van der Waals surface area (Å²) < 4.78 is 9.32.